The van der Waals surface area contributed by atoms with Crippen molar-refractivity contribution in [2.45, 2.75) is 10.5 Å². The van der Waals surface area contributed by atoms with Crippen LogP contribution in [0, 0.1) is 0 Å². The van der Waals surface area contributed by atoms with Gasteiger partial charge in [-0.15, -0.1) is 0 Å². The van der Waals surface area contributed by atoms with Crippen molar-refractivity contribution < 1.29 is 0 Å². The molecule has 2 unspecified atom stereocenters. The highest BCUT2D eigenvalue weighted by Crippen LogP contribution is 3.04. The maximum Gasteiger partial charge on any atom is 0.00808 e. The standard InChI is InChI=1S/C4H6S/c1-3-4-2-5(1,3)4/h3-4H,1-2H2. The molecule has 3 heterocycles. The van der Waals surface area contributed by atoms with E-state index in [1.807, 2.05) is 0 Å². The molecule has 3 rings (SSSR count). The molecule has 1 heteroatoms. The third-order valence-electron chi connectivity index (χ3n) is 2.26. The van der Waals surface area contributed by atoms with Crippen molar-refractivity contribution in [2.24, 2.45) is 0 Å². The summed E-state index contributed by atoms with van der Waals surface area (Å²) in [4.78, 5) is 0. The first-order valence-electron chi connectivity index (χ1n) is 2.20. The smallest absolute Gasteiger partial charge is 0.00808 e. The summed E-state index contributed by atoms with van der Waals surface area (Å²) in [5.41, 5.74) is 0. The fourth-order valence-corrected chi connectivity index (χ4v) is 5.57. The van der Waals surface area contributed by atoms with Crippen LogP contribution in [0.1, 0.15) is 0 Å². The second-order valence-electron chi connectivity index (χ2n) is 2.42. The molecule has 3 saturated heterocycles. The molecule has 28 valence electrons. The second kappa shape index (κ2) is 0.237. The Morgan fingerprint density at radius 3 is 1.60 bits per heavy atom. The molecule has 0 aromatic rings. The van der Waals surface area contributed by atoms with E-state index >= 15 is 0 Å². The Morgan fingerprint density at radius 2 is 1.60 bits per heavy atom. The largest absolute Gasteiger partial charge is 0.230 e. The van der Waals surface area contributed by atoms with Crippen LogP contribution in [0.15, 0.2) is 0 Å². The zero-order valence-electron chi connectivity index (χ0n) is 2.98. The lowest BCUT2D eigenvalue weighted by Crippen LogP contribution is -1.82. The molecule has 0 amide bonds. The van der Waals surface area contributed by atoms with E-state index in [0.29, 0.717) is 10.0 Å². The van der Waals surface area contributed by atoms with Crippen LogP contribution in [0.4, 0.5) is 0 Å². The quantitative estimate of drug-likeness (QED) is 0.378. The van der Waals surface area contributed by atoms with Gasteiger partial charge in [0.15, 0.2) is 0 Å². The van der Waals surface area contributed by atoms with Crippen molar-refractivity contribution >= 4 is 10.0 Å². The summed E-state index contributed by atoms with van der Waals surface area (Å²) >= 11 is 0. The van der Waals surface area contributed by atoms with Crippen LogP contribution in [0.3, 0.4) is 0 Å². The molecule has 0 aromatic carbocycles. The van der Waals surface area contributed by atoms with Gasteiger partial charge in [-0.05, 0) is 11.5 Å². The van der Waals surface area contributed by atoms with E-state index in [9.17, 15) is 0 Å². The molecular weight excluding hydrogens is 80.1 g/mol. The number of hydrogen-bond acceptors (Lipinski definition) is 0. The molecule has 0 nitrogen and oxygen atoms in total. The van der Waals surface area contributed by atoms with E-state index < -0.39 is 0 Å². The van der Waals surface area contributed by atoms with Crippen LogP contribution < -0.4 is 0 Å². The van der Waals surface area contributed by atoms with Gasteiger partial charge in [0.25, 0.3) is 0 Å². The molecule has 3 fully saturated rings. The summed E-state index contributed by atoms with van der Waals surface area (Å²) in [6.07, 6.45) is 0. The van der Waals surface area contributed by atoms with Crippen LogP contribution in [-0.4, -0.2) is 22.0 Å². The summed E-state index contributed by atoms with van der Waals surface area (Å²) in [6, 6.07) is 0. The van der Waals surface area contributed by atoms with E-state index in [1.165, 1.54) is 10.5 Å². The van der Waals surface area contributed by atoms with Crippen molar-refractivity contribution in [3.8, 4) is 0 Å². The van der Waals surface area contributed by atoms with Gasteiger partial charge < -0.3 is 0 Å². The molecule has 0 aromatic heterocycles. The fraction of sp³-hybridized carbons (Fsp3) is 1.00. The first-order valence-corrected chi connectivity index (χ1v) is 4.30. The van der Waals surface area contributed by atoms with Crippen molar-refractivity contribution in [1.82, 2.24) is 0 Å². The Bertz CT molecular complexity index is 94.2. The third-order valence-corrected chi connectivity index (χ3v) is 6.45. The van der Waals surface area contributed by atoms with E-state index in [-0.39, 0.29) is 0 Å². The van der Waals surface area contributed by atoms with Crippen molar-refractivity contribution in [3.63, 3.8) is 0 Å². The molecule has 0 saturated carbocycles. The number of hydrogen-bond donors (Lipinski definition) is 0. The van der Waals surface area contributed by atoms with Gasteiger partial charge >= 0.3 is 0 Å². The Morgan fingerprint density at radius 1 is 1.20 bits per heavy atom. The molecule has 5 heavy (non-hydrogen) atoms. The lowest BCUT2D eigenvalue weighted by molar-refractivity contribution is 1.12. The normalized spacial score (nSPS) is 104. The number of fused-ring (bicyclic) bond motifs is 1. The molecule has 3 aliphatic heterocycles. The molecule has 0 radical (unpaired) electrons. The molecule has 1 spiro atoms. The molecule has 0 aliphatic carbocycles. The number of rotatable bonds is 0. The minimum atomic E-state index is 0.417. The van der Waals surface area contributed by atoms with Gasteiger partial charge in [-0.2, -0.15) is 0 Å². The summed E-state index contributed by atoms with van der Waals surface area (Å²) in [5, 5.41) is 2.75. The van der Waals surface area contributed by atoms with Crippen LogP contribution in [0.2, 0.25) is 0 Å². The van der Waals surface area contributed by atoms with Gasteiger partial charge in [0, 0.05) is 10.5 Å². The van der Waals surface area contributed by atoms with Crippen molar-refractivity contribution in [1.29, 1.82) is 0 Å². The Kier molecular flexibility index (Phi) is 0.0889. The Labute approximate surface area is 32.9 Å². The molecular formula is C4H6S. The highest BCUT2D eigenvalue weighted by Gasteiger charge is 2.87. The van der Waals surface area contributed by atoms with Crippen molar-refractivity contribution in [2.75, 3.05) is 11.5 Å². The van der Waals surface area contributed by atoms with Crippen LogP contribution >= 0.6 is 10.0 Å². The predicted molar refractivity (Wildman–Crippen MR) is 24.9 cm³/mol. The van der Waals surface area contributed by atoms with Gasteiger partial charge in [-0.3, -0.25) is 0 Å². The average molecular weight is 86.2 g/mol. The Balaban J connectivity index is 2.49. The maximum atomic E-state index is 1.71. The van der Waals surface area contributed by atoms with Gasteiger partial charge in [0.05, 0.1) is 0 Å². The van der Waals surface area contributed by atoms with E-state index in [0.717, 1.165) is 0 Å². The zero-order valence-corrected chi connectivity index (χ0v) is 3.79. The highest BCUT2D eigenvalue weighted by atomic mass is 32.3. The second-order valence-corrected chi connectivity index (χ2v) is 6.31. The average Bonchev–Trinajstić information content (AvgIpc) is 2.04. The Hall–Kier alpha value is 0.350. The minimum Gasteiger partial charge on any atom is -0.230 e. The van der Waals surface area contributed by atoms with E-state index in [2.05, 4.69) is 0 Å². The molecule has 3 aliphatic rings. The summed E-state index contributed by atoms with van der Waals surface area (Å²) < 4.78 is 0. The van der Waals surface area contributed by atoms with Gasteiger partial charge in [-0.25, -0.2) is 10.0 Å². The summed E-state index contributed by atoms with van der Waals surface area (Å²) in [6.45, 7) is 0. The van der Waals surface area contributed by atoms with E-state index in [4.69, 9.17) is 0 Å². The predicted octanol–water partition coefficient (Wildman–Crippen LogP) is 0.569. The lowest BCUT2D eigenvalue weighted by Gasteiger charge is -1.62. The van der Waals surface area contributed by atoms with Crippen LogP contribution in [0.25, 0.3) is 0 Å². The third kappa shape index (κ3) is 0.0580. The lowest BCUT2D eigenvalue weighted by atomic mass is 10.4. The summed E-state index contributed by atoms with van der Waals surface area (Å²) in [5.74, 6) is 3.41. The fourth-order valence-electron chi connectivity index (χ4n) is 1.35. The first-order chi connectivity index (χ1) is 2.43. The van der Waals surface area contributed by atoms with Gasteiger partial charge in [0.2, 0.25) is 0 Å². The topological polar surface area (TPSA) is 0 Å². The minimum absolute atomic E-state index is 0.417. The molecule has 0 bridgehead atoms. The summed E-state index contributed by atoms with van der Waals surface area (Å²) in [7, 11) is 0.417. The first kappa shape index (κ1) is 1.87. The monoisotopic (exact) mass is 86.0 g/mol. The highest BCUT2D eigenvalue weighted by molar-refractivity contribution is 8.53. The van der Waals surface area contributed by atoms with Gasteiger partial charge in [-0.1, -0.05) is 0 Å². The van der Waals surface area contributed by atoms with Gasteiger partial charge in [0.1, 0.15) is 0 Å². The van der Waals surface area contributed by atoms with Crippen LogP contribution in [-0.2, 0) is 0 Å². The molecule has 0 N–H and O–H groups in total. The SMILES string of the molecule is C1C2C3CS123. The maximum absolute atomic E-state index is 1.71. The van der Waals surface area contributed by atoms with Crippen LogP contribution in [0.5, 0.6) is 0 Å². The zero-order chi connectivity index (χ0) is 3.07. The van der Waals surface area contributed by atoms with Crippen molar-refractivity contribution in [3.05, 3.63) is 0 Å². The molecule has 2 atom stereocenters. The van der Waals surface area contributed by atoms with E-state index in [1.54, 1.807) is 11.5 Å².